The molecule has 0 spiro atoms. The first kappa shape index (κ1) is 19.3. The summed E-state index contributed by atoms with van der Waals surface area (Å²) in [4.78, 5) is 4.68. The van der Waals surface area contributed by atoms with Crippen LogP contribution in [-0.4, -0.2) is 44.9 Å². The molecule has 1 fully saturated rings. The number of aliphatic imine (C=N–C) groups is 1. The van der Waals surface area contributed by atoms with Crippen LogP contribution in [0.1, 0.15) is 25.0 Å². The van der Waals surface area contributed by atoms with Gasteiger partial charge in [0.25, 0.3) is 0 Å². The van der Waals surface area contributed by atoms with Gasteiger partial charge in [-0.05, 0) is 43.5 Å². The highest BCUT2D eigenvalue weighted by Crippen LogP contribution is 2.11. The summed E-state index contributed by atoms with van der Waals surface area (Å²) >= 11 is 0. The number of ether oxygens (including phenoxy) is 2. The van der Waals surface area contributed by atoms with Crippen LogP contribution in [0.3, 0.4) is 0 Å². The smallest absolute Gasteiger partial charge is 0.191 e. The third kappa shape index (κ3) is 7.35. The standard InChI is InChI=1S/C21H29N3O3/c1-2-7-18(8-3-1)26-16-6-12-22-21(24-17-20-10-5-15-27-20)23-13-11-19-9-4-14-25-19/h1-4,7-9,14,20H,5-6,10-13,15-17H2,(H2,22,23,24). The maximum Gasteiger partial charge on any atom is 0.191 e. The molecule has 2 N–H and O–H groups in total. The summed E-state index contributed by atoms with van der Waals surface area (Å²) in [5.41, 5.74) is 0. The van der Waals surface area contributed by atoms with Crippen molar-refractivity contribution < 1.29 is 13.9 Å². The van der Waals surface area contributed by atoms with Gasteiger partial charge in [-0.1, -0.05) is 18.2 Å². The number of rotatable bonds is 10. The van der Waals surface area contributed by atoms with E-state index >= 15 is 0 Å². The zero-order valence-electron chi connectivity index (χ0n) is 15.7. The van der Waals surface area contributed by atoms with E-state index in [2.05, 4.69) is 15.6 Å². The van der Waals surface area contributed by atoms with Crippen molar-refractivity contribution in [3.8, 4) is 5.75 Å². The molecule has 2 aromatic rings. The highest BCUT2D eigenvalue weighted by molar-refractivity contribution is 5.79. The van der Waals surface area contributed by atoms with E-state index in [0.29, 0.717) is 13.2 Å². The molecule has 0 saturated carbocycles. The fourth-order valence-corrected chi connectivity index (χ4v) is 2.90. The van der Waals surface area contributed by atoms with Crippen LogP contribution < -0.4 is 15.4 Å². The average molecular weight is 371 g/mol. The summed E-state index contributed by atoms with van der Waals surface area (Å²) in [6, 6.07) is 13.8. The fourth-order valence-electron chi connectivity index (χ4n) is 2.90. The largest absolute Gasteiger partial charge is 0.494 e. The van der Waals surface area contributed by atoms with Crippen molar-refractivity contribution in [1.82, 2.24) is 10.6 Å². The Labute approximate surface area is 161 Å². The van der Waals surface area contributed by atoms with E-state index < -0.39 is 0 Å². The van der Waals surface area contributed by atoms with Gasteiger partial charge in [0, 0.05) is 26.1 Å². The topological polar surface area (TPSA) is 68.0 Å². The molecule has 1 unspecified atom stereocenters. The molecule has 146 valence electrons. The Morgan fingerprint density at radius 1 is 1.11 bits per heavy atom. The molecule has 6 nitrogen and oxygen atoms in total. The van der Waals surface area contributed by atoms with Crippen LogP contribution in [0.15, 0.2) is 58.1 Å². The minimum Gasteiger partial charge on any atom is -0.494 e. The molecule has 2 heterocycles. The maximum absolute atomic E-state index is 5.73. The number of nitrogens with one attached hydrogen (secondary N) is 2. The second-order valence-electron chi connectivity index (χ2n) is 6.52. The highest BCUT2D eigenvalue weighted by Gasteiger charge is 2.14. The summed E-state index contributed by atoms with van der Waals surface area (Å²) in [6.45, 7) is 3.78. The van der Waals surface area contributed by atoms with E-state index in [1.54, 1.807) is 6.26 Å². The molecule has 1 aromatic heterocycles. The predicted molar refractivity (Wildman–Crippen MR) is 106 cm³/mol. The SMILES string of the molecule is c1ccc(OCCCNC(=NCC2CCCO2)NCCc2ccco2)cc1. The normalized spacial score (nSPS) is 17.0. The number of hydrogen-bond acceptors (Lipinski definition) is 4. The molecule has 27 heavy (non-hydrogen) atoms. The molecular weight excluding hydrogens is 342 g/mol. The fraction of sp³-hybridized carbons (Fsp3) is 0.476. The van der Waals surface area contributed by atoms with Crippen LogP contribution in [0, 0.1) is 0 Å². The van der Waals surface area contributed by atoms with Crippen LogP contribution >= 0.6 is 0 Å². The van der Waals surface area contributed by atoms with Gasteiger partial charge < -0.3 is 24.5 Å². The second-order valence-corrected chi connectivity index (χ2v) is 6.52. The minimum atomic E-state index is 0.245. The maximum atomic E-state index is 5.73. The van der Waals surface area contributed by atoms with Crippen LogP contribution in [0.2, 0.25) is 0 Å². The molecule has 3 rings (SSSR count). The van der Waals surface area contributed by atoms with Crippen molar-refractivity contribution in [3.05, 3.63) is 54.5 Å². The number of benzene rings is 1. The Morgan fingerprint density at radius 2 is 2.00 bits per heavy atom. The first-order valence-electron chi connectivity index (χ1n) is 9.74. The third-order valence-electron chi connectivity index (χ3n) is 4.35. The summed E-state index contributed by atoms with van der Waals surface area (Å²) in [5, 5.41) is 6.76. The molecule has 0 bridgehead atoms. The van der Waals surface area contributed by atoms with Gasteiger partial charge in [-0.15, -0.1) is 0 Å². The molecule has 0 aliphatic carbocycles. The van der Waals surface area contributed by atoms with Gasteiger partial charge in [-0.25, -0.2) is 0 Å². The lowest BCUT2D eigenvalue weighted by Crippen LogP contribution is -2.39. The van der Waals surface area contributed by atoms with Gasteiger partial charge in [0.1, 0.15) is 11.5 Å². The summed E-state index contributed by atoms with van der Waals surface area (Å²) in [7, 11) is 0. The summed E-state index contributed by atoms with van der Waals surface area (Å²) < 4.78 is 16.8. The lowest BCUT2D eigenvalue weighted by atomic mass is 10.2. The van der Waals surface area contributed by atoms with Crippen LogP contribution in [0.25, 0.3) is 0 Å². The van der Waals surface area contributed by atoms with Gasteiger partial charge >= 0.3 is 0 Å². The molecule has 1 aromatic carbocycles. The second kappa shape index (κ2) is 11.3. The van der Waals surface area contributed by atoms with Gasteiger partial charge in [0.2, 0.25) is 0 Å². The first-order valence-corrected chi connectivity index (χ1v) is 9.74. The number of para-hydroxylation sites is 1. The van der Waals surface area contributed by atoms with E-state index in [4.69, 9.17) is 13.9 Å². The van der Waals surface area contributed by atoms with Crippen LogP contribution in [0.5, 0.6) is 5.75 Å². The Kier molecular flexibility index (Phi) is 8.07. The molecule has 1 atom stereocenters. The zero-order valence-corrected chi connectivity index (χ0v) is 15.7. The Hall–Kier alpha value is -2.47. The van der Waals surface area contributed by atoms with E-state index in [1.165, 1.54) is 0 Å². The summed E-state index contributed by atoms with van der Waals surface area (Å²) in [6.07, 6.45) is 5.89. The number of furan rings is 1. The third-order valence-corrected chi connectivity index (χ3v) is 4.35. The molecule has 6 heteroatoms. The Balaban J connectivity index is 1.38. The van der Waals surface area contributed by atoms with E-state index in [-0.39, 0.29) is 6.10 Å². The quantitative estimate of drug-likeness (QED) is 0.382. The molecule has 1 saturated heterocycles. The monoisotopic (exact) mass is 371 g/mol. The molecule has 1 aliphatic rings. The molecule has 0 amide bonds. The Bertz CT molecular complexity index is 653. The van der Waals surface area contributed by atoms with Crippen molar-refractivity contribution in [2.75, 3.05) is 32.8 Å². The van der Waals surface area contributed by atoms with E-state index in [9.17, 15) is 0 Å². The predicted octanol–water partition coefficient (Wildman–Crippen LogP) is 3.01. The van der Waals surface area contributed by atoms with E-state index in [0.717, 1.165) is 62.8 Å². The van der Waals surface area contributed by atoms with Crippen LogP contribution in [-0.2, 0) is 11.2 Å². The molecular formula is C21H29N3O3. The average Bonchev–Trinajstić information content (AvgIpc) is 3.40. The molecule has 1 aliphatic heterocycles. The van der Waals surface area contributed by atoms with Crippen molar-refractivity contribution >= 4 is 5.96 Å². The molecule has 0 radical (unpaired) electrons. The van der Waals surface area contributed by atoms with Crippen molar-refractivity contribution in [1.29, 1.82) is 0 Å². The zero-order chi connectivity index (χ0) is 18.6. The van der Waals surface area contributed by atoms with Crippen molar-refractivity contribution in [2.45, 2.75) is 31.8 Å². The number of guanidine groups is 1. The van der Waals surface area contributed by atoms with Crippen molar-refractivity contribution in [3.63, 3.8) is 0 Å². The lowest BCUT2D eigenvalue weighted by Gasteiger charge is -2.14. The van der Waals surface area contributed by atoms with Gasteiger partial charge in [-0.3, -0.25) is 4.99 Å². The Morgan fingerprint density at radius 3 is 2.78 bits per heavy atom. The minimum absolute atomic E-state index is 0.245. The van der Waals surface area contributed by atoms with Gasteiger partial charge in [-0.2, -0.15) is 0 Å². The summed E-state index contributed by atoms with van der Waals surface area (Å²) in [5.74, 6) is 2.69. The van der Waals surface area contributed by atoms with Gasteiger partial charge in [0.15, 0.2) is 5.96 Å². The van der Waals surface area contributed by atoms with Gasteiger partial charge in [0.05, 0.1) is 25.5 Å². The highest BCUT2D eigenvalue weighted by atomic mass is 16.5. The lowest BCUT2D eigenvalue weighted by molar-refractivity contribution is 0.117. The number of nitrogens with zero attached hydrogens (tertiary/aromatic N) is 1. The van der Waals surface area contributed by atoms with Crippen LogP contribution in [0.4, 0.5) is 0 Å². The van der Waals surface area contributed by atoms with E-state index in [1.807, 2.05) is 42.5 Å². The van der Waals surface area contributed by atoms with Crippen molar-refractivity contribution in [2.24, 2.45) is 4.99 Å². The first-order chi connectivity index (χ1) is 13.4. The number of hydrogen-bond donors (Lipinski definition) is 2.